The SMILES string of the molecule is COC(=O)Cc1ccccc1C#Cc1nc(Nc2ccc(C3CCNC3)cc2)ncc1C(F)(F)F. The molecular weight excluding hydrogens is 457 g/mol. The summed E-state index contributed by atoms with van der Waals surface area (Å²) in [5.41, 5.74) is 1.32. The molecule has 1 aliphatic heterocycles. The van der Waals surface area contributed by atoms with Crippen molar-refractivity contribution in [2.75, 3.05) is 25.5 Å². The van der Waals surface area contributed by atoms with Crippen molar-refractivity contribution in [2.45, 2.75) is 24.9 Å². The molecule has 0 radical (unpaired) electrons. The maximum Gasteiger partial charge on any atom is 0.420 e. The number of rotatable bonds is 5. The summed E-state index contributed by atoms with van der Waals surface area (Å²) in [4.78, 5) is 19.5. The van der Waals surface area contributed by atoms with E-state index in [2.05, 4.69) is 37.2 Å². The van der Waals surface area contributed by atoms with E-state index in [9.17, 15) is 18.0 Å². The summed E-state index contributed by atoms with van der Waals surface area (Å²) >= 11 is 0. The normalized spacial score (nSPS) is 15.3. The standard InChI is InChI=1S/C26H23F3N4O2/c1-35-24(34)14-19-5-3-2-4-17(19)8-11-23-22(26(27,28)29)16-31-25(33-23)32-21-9-6-18(7-10-21)20-12-13-30-15-20/h2-7,9-10,16,20,30H,12-15H2,1H3,(H,31,32,33). The fourth-order valence-electron chi connectivity index (χ4n) is 3.80. The third-order valence-corrected chi connectivity index (χ3v) is 5.69. The van der Waals surface area contributed by atoms with Crippen molar-refractivity contribution in [1.82, 2.24) is 15.3 Å². The summed E-state index contributed by atoms with van der Waals surface area (Å²) in [5.74, 6) is 5.22. The van der Waals surface area contributed by atoms with E-state index >= 15 is 0 Å². The highest BCUT2D eigenvalue weighted by Crippen LogP contribution is 2.31. The molecule has 1 fully saturated rings. The van der Waals surface area contributed by atoms with Gasteiger partial charge in [-0.05, 0) is 54.1 Å². The smallest absolute Gasteiger partial charge is 0.420 e. The highest BCUT2D eigenvalue weighted by atomic mass is 19.4. The molecule has 0 bridgehead atoms. The topological polar surface area (TPSA) is 76.1 Å². The molecule has 9 heteroatoms. The Morgan fingerprint density at radius 1 is 1.17 bits per heavy atom. The summed E-state index contributed by atoms with van der Waals surface area (Å²) in [6, 6.07) is 14.4. The van der Waals surface area contributed by atoms with Crippen LogP contribution >= 0.6 is 0 Å². The first kappa shape index (κ1) is 24.2. The summed E-state index contributed by atoms with van der Waals surface area (Å²) in [7, 11) is 1.27. The van der Waals surface area contributed by atoms with E-state index < -0.39 is 23.4 Å². The third kappa shape index (κ3) is 6.16. The Balaban J connectivity index is 1.61. The maximum atomic E-state index is 13.6. The average Bonchev–Trinajstić information content (AvgIpc) is 3.38. The third-order valence-electron chi connectivity index (χ3n) is 5.69. The van der Waals surface area contributed by atoms with Gasteiger partial charge in [0.25, 0.3) is 0 Å². The van der Waals surface area contributed by atoms with Gasteiger partial charge in [0.1, 0.15) is 11.3 Å². The van der Waals surface area contributed by atoms with E-state index in [0.717, 1.165) is 25.7 Å². The summed E-state index contributed by atoms with van der Waals surface area (Å²) in [5, 5.41) is 6.27. The number of alkyl halides is 3. The first-order valence-corrected chi connectivity index (χ1v) is 11.0. The Hall–Kier alpha value is -3.90. The molecule has 1 aromatic heterocycles. The lowest BCUT2D eigenvalue weighted by Gasteiger charge is -2.12. The van der Waals surface area contributed by atoms with Gasteiger partial charge in [0.2, 0.25) is 5.95 Å². The van der Waals surface area contributed by atoms with Crippen LogP contribution in [0.5, 0.6) is 0 Å². The molecule has 180 valence electrons. The molecule has 2 N–H and O–H groups in total. The highest BCUT2D eigenvalue weighted by Gasteiger charge is 2.34. The van der Waals surface area contributed by atoms with Crippen LogP contribution in [0.1, 0.15) is 40.3 Å². The van der Waals surface area contributed by atoms with Crippen molar-refractivity contribution in [3.8, 4) is 11.8 Å². The van der Waals surface area contributed by atoms with Crippen LogP contribution in [0.4, 0.5) is 24.8 Å². The number of aromatic nitrogens is 2. The molecule has 4 rings (SSSR count). The number of esters is 1. The van der Waals surface area contributed by atoms with E-state index in [0.29, 0.717) is 22.7 Å². The second-order valence-corrected chi connectivity index (χ2v) is 8.05. The summed E-state index contributed by atoms with van der Waals surface area (Å²) < 4.78 is 45.4. The van der Waals surface area contributed by atoms with Crippen molar-refractivity contribution < 1.29 is 22.7 Å². The second kappa shape index (κ2) is 10.6. The van der Waals surface area contributed by atoms with Crippen LogP contribution in [-0.4, -0.2) is 36.1 Å². The molecule has 1 saturated heterocycles. The van der Waals surface area contributed by atoms with Crippen LogP contribution in [0.2, 0.25) is 0 Å². The van der Waals surface area contributed by atoms with Crippen LogP contribution < -0.4 is 10.6 Å². The lowest BCUT2D eigenvalue weighted by atomic mass is 9.98. The van der Waals surface area contributed by atoms with E-state index in [1.54, 1.807) is 24.3 Å². The average molecular weight is 480 g/mol. The van der Waals surface area contributed by atoms with E-state index in [1.165, 1.54) is 12.7 Å². The Morgan fingerprint density at radius 3 is 2.63 bits per heavy atom. The van der Waals surface area contributed by atoms with Gasteiger partial charge in [-0.2, -0.15) is 13.2 Å². The minimum absolute atomic E-state index is 0.000397. The molecule has 0 spiro atoms. The second-order valence-electron chi connectivity index (χ2n) is 8.05. The molecule has 1 aliphatic rings. The number of anilines is 2. The zero-order valence-electron chi connectivity index (χ0n) is 18.9. The summed E-state index contributed by atoms with van der Waals surface area (Å²) in [6.07, 6.45) is -2.93. The number of halogens is 3. The van der Waals surface area contributed by atoms with Gasteiger partial charge in [-0.1, -0.05) is 36.3 Å². The van der Waals surface area contributed by atoms with Gasteiger partial charge in [0, 0.05) is 24.0 Å². The van der Waals surface area contributed by atoms with Crippen molar-refractivity contribution in [1.29, 1.82) is 0 Å². The predicted octanol–water partition coefficient (Wildman–Crippen LogP) is 4.43. The number of carbonyl (C=O) groups is 1. The number of carbonyl (C=O) groups excluding carboxylic acids is 1. The largest absolute Gasteiger partial charge is 0.469 e. The number of methoxy groups -OCH3 is 1. The lowest BCUT2D eigenvalue weighted by molar-refractivity contribution is -0.140. The van der Waals surface area contributed by atoms with Crippen LogP contribution in [0.25, 0.3) is 0 Å². The number of ether oxygens (including phenoxy) is 1. The molecule has 1 atom stereocenters. The minimum atomic E-state index is -4.68. The first-order chi connectivity index (χ1) is 16.8. The van der Waals surface area contributed by atoms with Crippen LogP contribution in [0.3, 0.4) is 0 Å². The monoisotopic (exact) mass is 480 g/mol. The van der Waals surface area contributed by atoms with Crippen LogP contribution in [-0.2, 0) is 22.1 Å². The Morgan fingerprint density at radius 2 is 1.94 bits per heavy atom. The van der Waals surface area contributed by atoms with Crippen molar-refractivity contribution in [3.05, 3.63) is 82.7 Å². The van der Waals surface area contributed by atoms with Gasteiger partial charge in [-0.3, -0.25) is 4.79 Å². The Labute approximate surface area is 200 Å². The number of hydrogen-bond acceptors (Lipinski definition) is 6. The number of nitrogens with zero attached hydrogens (tertiary/aromatic N) is 2. The number of nitrogens with one attached hydrogen (secondary N) is 2. The minimum Gasteiger partial charge on any atom is -0.469 e. The van der Waals surface area contributed by atoms with E-state index in [-0.39, 0.29) is 12.4 Å². The van der Waals surface area contributed by atoms with Crippen molar-refractivity contribution in [3.63, 3.8) is 0 Å². The Kier molecular flexibility index (Phi) is 7.32. The highest BCUT2D eigenvalue weighted by molar-refractivity contribution is 5.73. The fraction of sp³-hybridized carbons (Fsp3) is 0.269. The lowest BCUT2D eigenvalue weighted by Crippen LogP contribution is -2.12. The number of hydrogen-bond donors (Lipinski definition) is 2. The van der Waals surface area contributed by atoms with Crippen LogP contribution in [0.15, 0.2) is 54.7 Å². The predicted molar refractivity (Wildman–Crippen MR) is 125 cm³/mol. The van der Waals surface area contributed by atoms with Gasteiger partial charge in [-0.15, -0.1) is 0 Å². The molecule has 1 unspecified atom stereocenters. The van der Waals surface area contributed by atoms with Crippen LogP contribution in [0, 0.1) is 11.8 Å². The molecule has 2 aromatic carbocycles. The molecule has 0 amide bonds. The van der Waals surface area contributed by atoms with Gasteiger partial charge in [0.15, 0.2) is 0 Å². The molecule has 0 saturated carbocycles. The van der Waals surface area contributed by atoms with Gasteiger partial charge < -0.3 is 15.4 Å². The van der Waals surface area contributed by atoms with Crippen molar-refractivity contribution in [2.24, 2.45) is 0 Å². The molecule has 6 nitrogen and oxygen atoms in total. The maximum absolute atomic E-state index is 13.6. The zero-order chi connectivity index (χ0) is 24.8. The molecular formula is C26H23F3N4O2. The molecule has 2 heterocycles. The van der Waals surface area contributed by atoms with Gasteiger partial charge in [-0.25, -0.2) is 9.97 Å². The van der Waals surface area contributed by atoms with Gasteiger partial charge >= 0.3 is 12.1 Å². The first-order valence-electron chi connectivity index (χ1n) is 11.0. The van der Waals surface area contributed by atoms with Gasteiger partial charge in [0.05, 0.1) is 13.5 Å². The molecule has 0 aliphatic carbocycles. The molecule has 3 aromatic rings. The fourth-order valence-corrected chi connectivity index (χ4v) is 3.80. The van der Waals surface area contributed by atoms with E-state index in [1.807, 2.05) is 24.3 Å². The number of benzene rings is 2. The van der Waals surface area contributed by atoms with Crippen molar-refractivity contribution >= 4 is 17.6 Å². The Bertz CT molecular complexity index is 1260. The van der Waals surface area contributed by atoms with E-state index in [4.69, 9.17) is 0 Å². The zero-order valence-corrected chi connectivity index (χ0v) is 18.9. The molecule has 35 heavy (non-hydrogen) atoms. The summed E-state index contributed by atoms with van der Waals surface area (Å²) in [6.45, 7) is 1.92. The quantitative estimate of drug-likeness (QED) is 0.416.